The number of ether oxygens (including phenoxy) is 1. The van der Waals surface area contributed by atoms with Crippen LogP contribution in [0.3, 0.4) is 0 Å². The third kappa shape index (κ3) is 3.42. The maximum absolute atomic E-state index is 13.3. The third-order valence-electron chi connectivity index (χ3n) is 6.20. The summed E-state index contributed by atoms with van der Waals surface area (Å²) in [7, 11) is 1.54. The van der Waals surface area contributed by atoms with Crippen LogP contribution in [0.25, 0.3) is 0 Å². The molecule has 156 valence electrons. The largest absolute Gasteiger partial charge is 0.496 e. The van der Waals surface area contributed by atoms with Gasteiger partial charge in [0.05, 0.1) is 23.4 Å². The fraction of sp³-hybridized carbons (Fsp3) is 0.500. The molecule has 1 unspecified atom stereocenters. The number of methoxy groups -OCH3 is 1. The molecule has 2 aliphatic rings. The summed E-state index contributed by atoms with van der Waals surface area (Å²) >= 11 is 5.88. The van der Waals surface area contributed by atoms with Gasteiger partial charge in [-0.1, -0.05) is 11.6 Å². The number of halogens is 4. The highest BCUT2D eigenvalue weighted by molar-refractivity contribution is 6.30. The van der Waals surface area contributed by atoms with Crippen LogP contribution in [-0.2, 0) is 11.8 Å². The molecular formula is C20H21ClF3N3O2. The van der Waals surface area contributed by atoms with Crippen LogP contribution >= 0.6 is 11.6 Å². The normalized spacial score (nSPS) is 20.7. The van der Waals surface area contributed by atoms with Crippen LogP contribution in [0.5, 0.6) is 5.75 Å². The van der Waals surface area contributed by atoms with Crippen LogP contribution in [0.4, 0.5) is 18.9 Å². The Morgan fingerprint density at radius 1 is 1.28 bits per heavy atom. The summed E-state index contributed by atoms with van der Waals surface area (Å²) in [4.78, 5) is 9.25. The molecule has 1 atom stereocenters. The quantitative estimate of drug-likeness (QED) is 0.789. The number of pyridine rings is 2. The predicted molar refractivity (Wildman–Crippen MR) is 102 cm³/mol. The molecule has 2 aromatic rings. The molecule has 1 aliphatic carbocycles. The lowest BCUT2D eigenvalue weighted by molar-refractivity contribution is -0.141. The number of hydrogen-bond donors (Lipinski definition) is 1. The number of hydrogen-bond acceptors (Lipinski definition) is 5. The zero-order valence-corrected chi connectivity index (χ0v) is 16.8. The van der Waals surface area contributed by atoms with Crippen molar-refractivity contribution in [3.8, 4) is 5.75 Å². The van der Waals surface area contributed by atoms with Crippen molar-refractivity contribution in [1.29, 1.82) is 0 Å². The van der Waals surface area contributed by atoms with Crippen molar-refractivity contribution in [3.05, 3.63) is 47.0 Å². The summed E-state index contributed by atoms with van der Waals surface area (Å²) in [5.41, 5.74) is -1.51. The molecule has 0 aromatic carbocycles. The predicted octanol–water partition coefficient (Wildman–Crippen LogP) is 4.28. The molecule has 0 radical (unpaired) electrons. The minimum absolute atomic E-state index is 0.0137. The van der Waals surface area contributed by atoms with Crippen molar-refractivity contribution in [2.24, 2.45) is 11.3 Å². The second kappa shape index (κ2) is 6.74. The molecule has 2 fully saturated rings. The lowest BCUT2D eigenvalue weighted by Gasteiger charge is -2.62. The Labute approximate surface area is 171 Å². The van der Waals surface area contributed by atoms with E-state index in [2.05, 4.69) is 9.97 Å². The van der Waals surface area contributed by atoms with E-state index in [1.165, 1.54) is 13.2 Å². The van der Waals surface area contributed by atoms with E-state index in [-0.39, 0.29) is 22.0 Å². The van der Waals surface area contributed by atoms with Gasteiger partial charge in [-0.05, 0) is 37.8 Å². The van der Waals surface area contributed by atoms with Crippen molar-refractivity contribution in [2.75, 3.05) is 25.1 Å². The SMILES string of the molecule is COc1ccncc1C(C)(O)C1CC2(C1)CN(c1cc(Cl)cnc1C(F)(F)F)C2. The van der Waals surface area contributed by atoms with Crippen LogP contribution in [0.1, 0.15) is 31.0 Å². The minimum atomic E-state index is -4.54. The number of rotatable bonds is 4. The summed E-state index contributed by atoms with van der Waals surface area (Å²) in [5, 5.41) is 11.3. The van der Waals surface area contributed by atoms with E-state index >= 15 is 0 Å². The number of aromatic nitrogens is 2. The maximum atomic E-state index is 13.3. The molecule has 9 heteroatoms. The first kappa shape index (κ1) is 20.2. The Bertz CT molecular complexity index is 921. The van der Waals surface area contributed by atoms with Gasteiger partial charge < -0.3 is 14.7 Å². The standard InChI is InChI=1S/C20H21ClF3N3O2/c1-18(28,14-9-25-4-3-16(14)29-2)12-6-19(7-12)10-27(11-19)15-5-13(21)8-26-17(15)20(22,23)24/h3-5,8-9,12,28H,6-7,10-11H2,1-2H3. The molecular weight excluding hydrogens is 407 g/mol. The highest BCUT2D eigenvalue weighted by Crippen LogP contribution is 2.59. The molecule has 29 heavy (non-hydrogen) atoms. The lowest BCUT2D eigenvalue weighted by Crippen LogP contribution is -2.65. The Hall–Kier alpha value is -2.06. The smallest absolute Gasteiger partial charge is 0.435 e. The second-order valence-corrected chi connectivity index (χ2v) is 8.64. The number of alkyl halides is 3. The lowest BCUT2D eigenvalue weighted by atomic mass is 9.53. The van der Waals surface area contributed by atoms with Gasteiger partial charge in [-0.2, -0.15) is 13.2 Å². The first-order valence-corrected chi connectivity index (χ1v) is 9.62. The van der Waals surface area contributed by atoms with Crippen molar-refractivity contribution in [1.82, 2.24) is 9.97 Å². The molecule has 1 aliphatic heterocycles. The molecule has 0 bridgehead atoms. The Kier molecular flexibility index (Phi) is 4.70. The van der Waals surface area contributed by atoms with E-state index in [9.17, 15) is 18.3 Å². The monoisotopic (exact) mass is 427 g/mol. The van der Waals surface area contributed by atoms with Crippen molar-refractivity contribution in [3.63, 3.8) is 0 Å². The zero-order chi connectivity index (χ0) is 21.0. The number of nitrogens with zero attached hydrogens (tertiary/aromatic N) is 3. The van der Waals surface area contributed by atoms with Crippen molar-refractivity contribution in [2.45, 2.75) is 31.5 Å². The molecule has 5 nitrogen and oxygen atoms in total. The van der Waals surface area contributed by atoms with Gasteiger partial charge in [0, 0.05) is 42.7 Å². The van der Waals surface area contributed by atoms with E-state index in [1.807, 2.05) is 0 Å². The minimum Gasteiger partial charge on any atom is -0.496 e. The van der Waals surface area contributed by atoms with Gasteiger partial charge in [-0.25, -0.2) is 4.98 Å². The molecule has 1 spiro atoms. The fourth-order valence-corrected chi connectivity index (χ4v) is 4.77. The zero-order valence-electron chi connectivity index (χ0n) is 16.0. The maximum Gasteiger partial charge on any atom is 0.435 e. The molecule has 2 aromatic heterocycles. The summed E-state index contributed by atoms with van der Waals surface area (Å²) in [6, 6.07) is 3.02. The van der Waals surface area contributed by atoms with Gasteiger partial charge in [0.2, 0.25) is 0 Å². The van der Waals surface area contributed by atoms with Gasteiger partial charge in [-0.3, -0.25) is 4.98 Å². The molecule has 3 heterocycles. The van der Waals surface area contributed by atoms with Crippen LogP contribution in [0.2, 0.25) is 5.02 Å². The number of anilines is 1. The summed E-state index contributed by atoms with van der Waals surface area (Å²) in [6.45, 7) is 2.70. The average molecular weight is 428 g/mol. The summed E-state index contributed by atoms with van der Waals surface area (Å²) in [6.07, 6.45) is 1.10. The molecule has 0 amide bonds. The third-order valence-corrected chi connectivity index (χ3v) is 6.40. The van der Waals surface area contributed by atoms with Gasteiger partial charge in [0.15, 0.2) is 5.69 Å². The molecule has 1 N–H and O–H groups in total. The van der Waals surface area contributed by atoms with Gasteiger partial charge in [0.25, 0.3) is 0 Å². The van der Waals surface area contributed by atoms with Gasteiger partial charge in [0.1, 0.15) is 5.75 Å². The number of aliphatic hydroxyl groups is 1. The Morgan fingerprint density at radius 2 is 1.97 bits per heavy atom. The average Bonchev–Trinajstić information content (AvgIpc) is 2.58. The summed E-state index contributed by atoms with van der Waals surface area (Å²) in [5.74, 6) is 0.545. The fourth-order valence-electron chi connectivity index (χ4n) is 4.62. The van der Waals surface area contributed by atoms with Crippen molar-refractivity contribution < 1.29 is 23.0 Å². The van der Waals surface area contributed by atoms with Crippen LogP contribution in [-0.4, -0.2) is 35.3 Å². The van der Waals surface area contributed by atoms with E-state index in [4.69, 9.17) is 16.3 Å². The highest BCUT2D eigenvalue weighted by Gasteiger charge is 2.58. The Morgan fingerprint density at radius 3 is 2.59 bits per heavy atom. The first-order chi connectivity index (χ1) is 13.6. The van der Waals surface area contributed by atoms with Crippen LogP contribution in [0, 0.1) is 11.3 Å². The van der Waals surface area contributed by atoms with E-state index in [0.29, 0.717) is 37.2 Å². The van der Waals surface area contributed by atoms with Gasteiger partial charge >= 0.3 is 6.18 Å². The van der Waals surface area contributed by atoms with Gasteiger partial charge in [-0.15, -0.1) is 0 Å². The topological polar surface area (TPSA) is 58.5 Å². The molecule has 4 rings (SSSR count). The first-order valence-electron chi connectivity index (χ1n) is 9.24. The Balaban J connectivity index is 1.47. The summed E-state index contributed by atoms with van der Waals surface area (Å²) < 4.78 is 45.2. The van der Waals surface area contributed by atoms with Crippen LogP contribution in [0.15, 0.2) is 30.7 Å². The van der Waals surface area contributed by atoms with E-state index in [0.717, 1.165) is 6.20 Å². The highest BCUT2D eigenvalue weighted by atomic mass is 35.5. The van der Waals surface area contributed by atoms with Crippen LogP contribution < -0.4 is 9.64 Å². The van der Waals surface area contributed by atoms with E-state index < -0.39 is 17.5 Å². The second-order valence-electron chi connectivity index (χ2n) is 8.20. The molecule has 1 saturated carbocycles. The van der Waals surface area contributed by atoms with Crippen molar-refractivity contribution >= 4 is 17.3 Å². The van der Waals surface area contributed by atoms with E-state index in [1.54, 1.807) is 30.3 Å². The molecule has 1 saturated heterocycles.